The van der Waals surface area contributed by atoms with Crippen LogP contribution < -0.4 is 11.5 Å². The Morgan fingerprint density at radius 2 is 2.00 bits per heavy atom. The summed E-state index contributed by atoms with van der Waals surface area (Å²) in [6.45, 7) is 1.60. The van der Waals surface area contributed by atoms with Gasteiger partial charge in [-0.3, -0.25) is 4.98 Å². The number of nitrogens with zero attached hydrogens (tertiary/aromatic N) is 1. The summed E-state index contributed by atoms with van der Waals surface area (Å²) in [7, 11) is 0. The van der Waals surface area contributed by atoms with Gasteiger partial charge in [-0.05, 0) is 13.0 Å². The molecule has 0 amide bonds. The second-order valence-corrected chi connectivity index (χ2v) is 2.98. The summed E-state index contributed by atoms with van der Waals surface area (Å²) in [5.41, 5.74) is 10.2. The second-order valence-electron chi connectivity index (χ2n) is 2.98. The normalized spacial score (nSPS) is 14.1. The maximum Gasteiger partial charge on any atom is 0.417 e. The van der Waals surface area contributed by atoms with Gasteiger partial charge in [-0.15, -0.1) is 0 Å². The molecule has 0 spiro atoms. The third-order valence-electron chi connectivity index (χ3n) is 1.71. The number of pyridine rings is 1. The Bertz CT molecular complexity index is 333. The van der Waals surface area contributed by atoms with Gasteiger partial charge in [0.2, 0.25) is 0 Å². The third-order valence-corrected chi connectivity index (χ3v) is 1.71. The van der Waals surface area contributed by atoms with E-state index >= 15 is 0 Å². The Labute approximate surface area is 78.9 Å². The first-order valence-corrected chi connectivity index (χ1v) is 3.90. The van der Waals surface area contributed by atoms with Crippen LogP contribution in [0.15, 0.2) is 12.3 Å². The number of hydrogen-bond donors (Lipinski definition) is 2. The van der Waals surface area contributed by atoms with E-state index in [2.05, 4.69) is 4.98 Å². The minimum Gasteiger partial charge on any atom is -0.397 e. The Morgan fingerprint density at radius 3 is 2.36 bits per heavy atom. The van der Waals surface area contributed by atoms with E-state index in [0.29, 0.717) is 0 Å². The molecular formula is C8H10F3N3. The number of nitrogen functional groups attached to an aromatic ring is 1. The standard InChI is InChI=1S/C8H10F3N3/c1-4(12)7-6(13)2-5(3-14-7)8(9,10)11/h2-4H,12-13H2,1H3. The van der Waals surface area contributed by atoms with E-state index in [9.17, 15) is 13.2 Å². The Kier molecular flexibility index (Phi) is 2.66. The topological polar surface area (TPSA) is 64.9 Å². The lowest BCUT2D eigenvalue weighted by Crippen LogP contribution is -2.13. The molecule has 1 rings (SSSR count). The number of aromatic nitrogens is 1. The fraction of sp³-hybridized carbons (Fsp3) is 0.375. The van der Waals surface area contributed by atoms with E-state index in [1.807, 2.05) is 0 Å². The number of rotatable bonds is 1. The Hall–Kier alpha value is -1.30. The molecule has 4 N–H and O–H groups in total. The molecule has 0 aliphatic heterocycles. The molecule has 0 aliphatic rings. The average Bonchev–Trinajstić information content (AvgIpc) is 2.01. The number of nitrogens with two attached hydrogens (primary N) is 2. The van der Waals surface area contributed by atoms with E-state index in [1.165, 1.54) is 0 Å². The van der Waals surface area contributed by atoms with Crippen LogP contribution in [0.5, 0.6) is 0 Å². The molecule has 0 saturated heterocycles. The van der Waals surface area contributed by atoms with Crippen molar-refractivity contribution in [1.29, 1.82) is 0 Å². The van der Waals surface area contributed by atoms with Crippen LogP contribution in [0.1, 0.15) is 24.2 Å². The van der Waals surface area contributed by atoms with Crippen molar-refractivity contribution in [1.82, 2.24) is 4.98 Å². The number of hydrogen-bond acceptors (Lipinski definition) is 3. The molecule has 6 heteroatoms. The molecule has 1 aromatic rings. The number of halogens is 3. The lowest BCUT2D eigenvalue weighted by molar-refractivity contribution is -0.137. The van der Waals surface area contributed by atoms with Gasteiger partial charge in [-0.2, -0.15) is 13.2 Å². The summed E-state index contributed by atoms with van der Waals surface area (Å²) in [5, 5.41) is 0. The average molecular weight is 205 g/mol. The van der Waals surface area contributed by atoms with Crippen molar-refractivity contribution in [2.24, 2.45) is 5.73 Å². The van der Waals surface area contributed by atoms with Gasteiger partial charge in [0.25, 0.3) is 0 Å². The molecule has 78 valence electrons. The molecule has 0 radical (unpaired) electrons. The zero-order valence-corrected chi connectivity index (χ0v) is 7.47. The quantitative estimate of drug-likeness (QED) is 0.733. The molecule has 0 saturated carbocycles. The molecule has 1 atom stereocenters. The van der Waals surface area contributed by atoms with Gasteiger partial charge < -0.3 is 11.5 Å². The molecule has 1 aromatic heterocycles. The van der Waals surface area contributed by atoms with Crippen LogP contribution >= 0.6 is 0 Å². The monoisotopic (exact) mass is 205 g/mol. The first-order valence-electron chi connectivity index (χ1n) is 3.90. The van der Waals surface area contributed by atoms with Crippen LogP contribution in [0.3, 0.4) is 0 Å². The van der Waals surface area contributed by atoms with Gasteiger partial charge in [-0.1, -0.05) is 0 Å². The largest absolute Gasteiger partial charge is 0.417 e. The summed E-state index contributed by atoms with van der Waals surface area (Å²) in [5.74, 6) is 0. The first-order chi connectivity index (χ1) is 6.32. The van der Waals surface area contributed by atoms with Crippen LogP contribution in [-0.4, -0.2) is 4.98 Å². The maximum atomic E-state index is 12.2. The highest BCUT2D eigenvalue weighted by molar-refractivity contribution is 5.46. The van der Waals surface area contributed by atoms with E-state index in [1.54, 1.807) is 6.92 Å². The molecule has 1 unspecified atom stereocenters. The van der Waals surface area contributed by atoms with Gasteiger partial charge in [0.05, 0.1) is 16.9 Å². The lowest BCUT2D eigenvalue weighted by Gasteiger charge is -2.11. The summed E-state index contributed by atoms with van der Waals surface area (Å²) >= 11 is 0. The Balaban J connectivity index is 3.13. The van der Waals surface area contributed by atoms with Gasteiger partial charge >= 0.3 is 6.18 Å². The van der Waals surface area contributed by atoms with Crippen LogP contribution in [0.25, 0.3) is 0 Å². The predicted octanol–water partition coefficient (Wildman–Crippen LogP) is 1.70. The van der Waals surface area contributed by atoms with E-state index < -0.39 is 17.8 Å². The summed E-state index contributed by atoms with van der Waals surface area (Å²) in [6, 6.07) is 0.364. The van der Waals surface area contributed by atoms with Crippen molar-refractivity contribution < 1.29 is 13.2 Å². The fourth-order valence-electron chi connectivity index (χ4n) is 1.03. The molecule has 1 heterocycles. The van der Waals surface area contributed by atoms with Gasteiger partial charge in [-0.25, -0.2) is 0 Å². The molecule has 0 bridgehead atoms. The summed E-state index contributed by atoms with van der Waals surface area (Å²) < 4.78 is 36.5. The van der Waals surface area contributed by atoms with Crippen molar-refractivity contribution in [2.45, 2.75) is 19.1 Å². The highest BCUT2D eigenvalue weighted by atomic mass is 19.4. The SMILES string of the molecule is CC(N)c1ncc(C(F)(F)F)cc1N. The minimum absolute atomic E-state index is 0.0326. The van der Waals surface area contributed by atoms with Gasteiger partial charge in [0.1, 0.15) is 0 Å². The van der Waals surface area contributed by atoms with E-state index in [0.717, 1.165) is 12.3 Å². The van der Waals surface area contributed by atoms with Crippen LogP contribution in [-0.2, 0) is 6.18 Å². The molecule has 0 aliphatic carbocycles. The maximum absolute atomic E-state index is 12.2. The van der Waals surface area contributed by atoms with Gasteiger partial charge in [0, 0.05) is 12.2 Å². The first kappa shape index (κ1) is 10.8. The summed E-state index contributed by atoms with van der Waals surface area (Å²) in [6.07, 6.45) is -3.69. The van der Waals surface area contributed by atoms with E-state index in [4.69, 9.17) is 11.5 Å². The van der Waals surface area contributed by atoms with Crippen molar-refractivity contribution >= 4 is 5.69 Å². The molecular weight excluding hydrogens is 195 g/mol. The Morgan fingerprint density at radius 1 is 1.43 bits per heavy atom. The molecule has 0 aromatic carbocycles. The van der Waals surface area contributed by atoms with Crippen molar-refractivity contribution in [3.63, 3.8) is 0 Å². The highest BCUT2D eigenvalue weighted by Crippen LogP contribution is 2.31. The van der Waals surface area contributed by atoms with Crippen molar-refractivity contribution in [2.75, 3.05) is 5.73 Å². The van der Waals surface area contributed by atoms with Crippen LogP contribution in [0.2, 0.25) is 0 Å². The molecule has 14 heavy (non-hydrogen) atoms. The smallest absolute Gasteiger partial charge is 0.397 e. The zero-order valence-electron chi connectivity index (χ0n) is 7.47. The highest BCUT2D eigenvalue weighted by Gasteiger charge is 2.31. The number of anilines is 1. The third kappa shape index (κ3) is 2.14. The van der Waals surface area contributed by atoms with Crippen LogP contribution in [0, 0.1) is 0 Å². The minimum atomic E-state index is -4.42. The molecule has 0 fully saturated rings. The van der Waals surface area contributed by atoms with Crippen molar-refractivity contribution in [3.8, 4) is 0 Å². The predicted molar refractivity (Wildman–Crippen MR) is 46.3 cm³/mol. The van der Waals surface area contributed by atoms with Crippen LogP contribution in [0.4, 0.5) is 18.9 Å². The second kappa shape index (κ2) is 3.45. The summed E-state index contributed by atoms with van der Waals surface area (Å²) in [4.78, 5) is 3.57. The molecule has 3 nitrogen and oxygen atoms in total. The fourth-order valence-corrected chi connectivity index (χ4v) is 1.03. The number of alkyl halides is 3. The van der Waals surface area contributed by atoms with Crippen molar-refractivity contribution in [3.05, 3.63) is 23.5 Å². The lowest BCUT2D eigenvalue weighted by atomic mass is 10.1. The van der Waals surface area contributed by atoms with E-state index in [-0.39, 0.29) is 11.4 Å². The zero-order chi connectivity index (χ0) is 10.9. The van der Waals surface area contributed by atoms with Gasteiger partial charge in [0.15, 0.2) is 0 Å².